The van der Waals surface area contributed by atoms with Gasteiger partial charge in [-0.25, -0.2) is 4.57 Å². The molecule has 0 saturated heterocycles. The molecule has 0 bridgehead atoms. The van der Waals surface area contributed by atoms with Crippen molar-refractivity contribution in [3.63, 3.8) is 0 Å². The van der Waals surface area contributed by atoms with Crippen LogP contribution in [0.1, 0.15) is 271 Å². The quantitative estimate of drug-likeness (QED) is 0.0264. The topological polar surface area (TPSA) is 134 Å². The number of unbranched alkanes of at least 4 members (excludes halogenated alkanes) is 25. The minimum atomic E-state index is -4.40. The summed E-state index contributed by atoms with van der Waals surface area (Å²) >= 11 is 0. The Labute approximate surface area is 497 Å². The maximum absolute atomic E-state index is 12.7. The van der Waals surface area contributed by atoms with Crippen molar-refractivity contribution in [1.82, 2.24) is 0 Å². The van der Waals surface area contributed by atoms with Crippen LogP contribution in [-0.4, -0.2) is 49.3 Å². The molecule has 0 aromatic heterocycles. The van der Waals surface area contributed by atoms with E-state index >= 15 is 0 Å². The van der Waals surface area contributed by atoms with Gasteiger partial charge in [0.05, 0.1) is 13.2 Å². The van der Waals surface area contributed by atoms with Crippen molar-refractivity contribution in [3.05, 3.63) is 134 Å². The first-order valence-corrected chi connectivity index (χ1v) is 34.2. The maximum Gasteiger partial charge on any atom is 0.472 e. The van der Waals surface area contributed by atoms with Crippen LogP contribution in [0, 0.1) is 0 Å². The van der Waals surface area contributed by atoms with Crippen molar-refractivity contribution >= 4 is 19.8 Å². The number of phosphoric ester groups is 1. The van der Waals surface area contributed by atoms with Gasteiger partial charge in [-0.3, -0.25) is 18.6 Å². The lowest BCUT2D eigenvalue weighted by molar-refractivity contribution is -0.161. The summed E-state index contributed by atoms with van der Waals surface area (Å²) in [6, 6.07) is 0. The minimum Gasteiger partial charge on any atom is -0.462 e. The highest BCUT2D eigenvalue weighted by molar-refractivity contribution is 7.47. The molecule has 0 aliphatic rings. The summed E-state index contributed by atoms with van der Waals surface area (Å²) in [7, 11) is -4.40. The Morgan fingerprint density at radius 3 is 0.951 bits per heavy atom. The molecule has 10 heteroatoms. The Morgan fingerprint density at radius 2 is 0.642 bits per heavy atom. The van der Waals surface area contributed by atoms with Crippen LogP contribution in [-0.2, 0) is 32.7 Å². The monoisotopic (exact) mass is 1150 g/mol. The van der Waals surface area contributed by atoms with E-state index in [-0.39, 0.29) is 38.6 Å². The summed E-state index contributed by atoms with van der Waals surface area (Å²) in [5, 5.41) is 0. The number of ether oxygens (including phenoxy) is 2. The largest absolute Gasteiger partial charge is 0.472 e. The fourth-order valence-electron chi connectivity index (χ4n) is 8.79. The summed E-state index contributed by atoms with van der Waals surface area (Å²) in [5.74, 6) is -0.834. The van der Waals surface area contributed by atoms with Gasteiger partial charge < -0.3 is 20.1 Å². The predicted octanol–water partition coefficient (Wildman–Crippen LogP) is 21.3. The molecule has 9 nitrogen and oxygen atoms in total. The van der Waals surface area contributed by atoms with E-state index in [0.29, 0.717) is 6.42 Å². The molecular formula is C71H120NO8P. The van der Waals surface area contributed by atoms with E-state index in [0.717, 1.165) is 116 Å². The molecule has 0 heterocycles. The van der Waals surface area contributed by atoms with E-state index < -0.39 is 26.5 Å². The van der Waals surface area contributed by atoms with E-state index in [9.17, 15) is 19.0 Å². The van der Waals surface area contributed by atoms with Crippen LogP contribution >= 0.6 is 7.82 Å². The lowest BCUT2D eigenvalue weighted by Crippen LogP contribution is -2.29. The molecule has 0 saturated carbocycles. The number of esters is 2. The zero-order valence-electron chi connectivity index (χ0n) is 51.7. The number of phosphoric acid groups is 1. The van der Waals surface area contributed by atoms with Crippen molar-refractivity contribution in [1.29, 1.82) is 0 Å². The molecule has 3 N–H and O–H groups in total. The predicted molar refractivity (Wildman–Crippen MR) is 348 cm³/mol. The third-order valence-electron chi connectivity index (χ3n) is 13.5. The second kappa shape index (κ2) is 65.3. The number of allylic oxidation sites excluding steroid dienone is 22. The molecule has 0 aromatic rings. The zero-order chi connectivity index (χ0) is 58.7. The Kier molecular flexibility index (Phi) is 62.2. The molecule has 0 fully saturated rings. The van der Waals surface area contributed by atoms with Crippen molar-refractivity contribution in [2.75, 3.05) is 26.4 Å². The zero-order valence-corrected chi connectivity index (χ0v) is 52.6. The first-order valence-electron chi connectivity index (χ1n) is 32.7. The molecule has 0 aliphatic carbocycles. The van der Waals surface area contributed by atoms with E-state index in [2.05, 4.69) is 148 Å². The third kappa shape index (κ3) is 65.2. The van der Waals surface area contributed by atoms with Crippen LogP contribution in [0.5, 0.6) is 0 Å². The average molecular weight is 1150 g/mol. The highest BCUT2D eigenvalue weighted by atomic mass is 31.2. The summed E-state index contributed by atoms with van der Waals surface area (Å²) in [6.07, 6.45) is 92.3. The Hall–Kier alpha value is -3.85. The van der Waals surface area contributed by atoms with E-state index in [1.54, 1.807) is 0 Å². The summed E-state index contributed by atoms with van der Waals surface area (Å²) in [5.41, 5.74) is 5.40. The molecule has 0 amide bonds. The van der Waals surface area contributed by atoms with E-state index in [1.807, 2.05) is 0 Å². The highest BCUT2D eigenvalue weighted by Crippen LogP contribution is 2.43. The van der Waals surface area contributed by atoms with Gasteiger partial charge in [-0.05, 0) is 109 Å². The van der Waals surface area contributed by atoms with Crippen LogP contribution in [0.25, 0.3) is 0 Å². The molecule has 2 unspecified atom stereocenters. The van der Waals surface area contributed by atoms with Gasteiger partial charge in [-0.1, -0.05) is 282 Å². The third-order valence-corrected chi connectivity index (χ3v) is 14.5. The second-order valence-corrected chi connectivity index (χ2v) is 22.7. The normalized spacial score (nSPS) is 13.9. The van der Waals surface area contributed by atoms with Gasteiger partial charge >= 0.3 is 19.8 Å². The fourth-order valence-corrected chi connectivity index (χ4v) is 9.55. The molecular weight excluding hydrogens is 1030 g/mol. The first kappa shape index (κ1) is 77.2. The Bertz CT molecular complexity index is 1790. The highest BCUT2D eigenvalue weighted by Gasteiger charge is 2.26. The van der Waals surface area contributed by atoms with Crippen LogP contribution < -0.4 is 5.73 Å². The van der Waals surface area contributed by atoms with Crippen LogP contribution in [0.2, 0.25) is 0 Å². The van der Waals surface area contributed by atoms with Crippen molar-refractivity contribution in [3.8, 4) is 0 Å². The molecule has 0 radical (unpaired) electrons. The Balaban J connectivity index is 3.95. The molecule has 462 valence electrons. The van der Waals surface area contributed by atoms with Gasteiger partial charge in [0.25, 0.3) is 0 Å². The van der Waals surface area contributed by atoms with Gasteiger partial charge in [-0.15, -0.1) is 0 Å². The summed E-state index contributed by atoms with van der Waals surface area (Å²) < 4.78 is 33.1. The number of carbonyl (C=O) groups excluding carboxylic acids is 2. The molecule has 0 spiro atoms. The van der Waals surface area contributed by atoms with Gasteiger partial charge in [-0.2, -0.15) is 0 Å². The van der Waals surface area contributed by atoms with Gasteiger partial charge in [0.15, 0.2) is 6.10 Å². The van der Waals surface area contributed by atoms with Crippen LogP contribution in [0.3, 0.4) is 0 Å². The van der Waals surface area contributed by atoms with Crippen LogP contribution in [0.15, 0.2) is 134 Å². The Morgan fingerprint density at radius 1 is 0.370 bits per heavy atom. The lowest BCUT2D eigenvalue weighted by Gasteiger charge is -2.19. The minimum absolute atomic E-state index is 0.0472. The second-order valence-electron chi connectivity index (χ2n) is 21.2. The molecule has 0 aliphatic heterocycles. The fraction of sp³-hybridized carbons (Fsp3) is 0.662. The first-order chi connectivity index (χ1) is 39.8. The molecule has 0 rings (SSSR count). The van der Waals surface area contributed by atoms with E-state index in [1.165, 1.54) is 122 Å². The van der Waals surface area contributed by atoms with Gasteiger partial charge in [0, 0.05) is 19.4 Å². The number of hydrogen-bond acceptors (Lipinski definition) is 8. The van der Waals surface area contributed by atoms with Gasteiger partial charge in [0.2, 0.25) is 0 Å². The van der Waals surface area contributed by atoms with Crippen molar-refractivity contribution in [2.45, 2.75) is 277 Å². The molecule has 81 heavy (non-hydrogen) atoms. The molecule has 2 atom stereocenters. The maximum atomic E-state index is 12.7. The SMILES string of the molecule is CC/C=C\C/C=C\C/C=C\C/C=C\C/C=C\C/C=C\CCCCCCCCCCCCC(=O)OC(COC(=O)CCCCCCCCCCCCCCCCC/C=C\C/C=C\C/C=C\C/C=C\C/C=C\CC)COP(=O)(O)OCCN. The number of nitrogens with two attached hydrogens (primary N) is 1. The summed E-state index contributed by atoms with van der Waals surface area (Å²) in [4.78, 5) is 35.3. The standard InChI is InChI=1S/C71H120NO8P/c1-3-5-7-9-11-13-15-17-19-21-23-25-27-29-31-33-34-36-37-39-41-43-45-47-49-51-53-55-57-59-61-63-70(73)77-67-69(68-79-81(75,76)78-66-65-72)80-71(74)64-62-60-58-56-54-52-50-48-46-44-42-40-38-35-32-30-28-26-24-22-20-18-16-14-12-10-8-6-4-2/h5-8,11-14,17-20,23-26,29-32,38,40,69H,3-4,9-10,15-16,21-22,27-28,33-37,39,41-68,72H2,1-2H3,(H,75,76)/b7-5-,8-6-,13-11-,14-12-,19-17-,20-18-,25-23-,26-24-,31-29-,32-30-,40-38-. The number of rotatable bonds is 60. The van der Waals surface area contributed by atoms with Gasteiger partial charge in [0.1, 0.15) is 6.61 Å². The molecule has 0 aromatic carbocycles. The van der Waals surface area contributed by atoms with Crippen LogP contribution in [0.4, 0.5) is 0 Å². The van der Waals surface area contributed by atoms with E-state index in [4.69, 9.17) is 24.3 Å². The van der Waals surface area contributed by atoms with Crippen molar-refractivity contribution in [2.24, 2.45) is 5.73 Å². The smallest absolute Gasteiger partial charge is 0.462 e. The average Bonchev–Trinajstić information content (AvgIpc) is 3.46. The number of carbonyl (C=O) groups is 2. The van der Waals surface area contributed by atoms with Crippen molar-refractivity contribution < 1.29 is 37.6 Å². The number of hydrogen-bond donors (Lipinski definition) is 2. The summed E-state index contributed by atoms with van der Waals surface area (Å²) in [6.45, 7) is 3.52. The lowest BCUT2D eigenvalue weighted by atomic mass is 10.0.